The lowest BCUT2D eigenvalue weighted by molar-refractivity contribution is 0.0954. The Morgan fingerprint density at radius 2 is 2.07 bits per heavy atom. The fourth-order valence-electron chi connectivity index (χ4n) is 1.55. The topological polar surface area (TPSA) is 49.4 Å². The standard InChI is InChI=1S/C11H12N2O2/c14-10(9-4-2-1-3-5-9)8-13-7-6-12-11(13)15/h1-5H,6-8H2,(H,12,15). The molecule has 1 aromatic carbocycles. The lowest BCUT2D eigenvalue weighted by Gasteiger charge is -2.12. The van der Waals surface area contributed by atoms with E-state index in [0.29, 0.717) is 18.7 Å². The van der Waals surface area contributed by atoms with Crippen molar-refractivity contribution in [1.82, 2.24) is 10.2 Å². The molecule has 0 saturated carbocycles. The van der Waals surface area contributed by atoms with Crippen LogP contribution in [0.25, 0.3) is 0 Å². The van der Waals surface area contributed by atoms with Crippen LogP contribution in [0.15, 0.2) is 30.3 Å². The van der Waals surface area contributed by atoms with Gasteiger partial charge in [-0.2, -0.15) is 0 Å². The van der Waals surface area contributed by atoms with Crippen molar-refractivity contribution in [3.63, 3.8) is 0 Å². The van der Waals surface area contributed by atoms with E-state index in [2.05, 4.69) is 5.32 Å². The Kier molecular flexibility index (Phi) is 2.67. The van der Waals surface area contributed by atoms with Crippen molar-refractivity contribution >= 4 is 11.8 Å². The van der Waals surface area contributed by atoms with E-state index in [9.17, 15) is 9.59 Å². The number of carbonyl (C=O) groups is 2. The summed E-state index contributed by atoms with van der Waals surface area (Å²) >= 11 is 0. The summed E-state index contributed by atoms with van der Waals surface area (Å²) in [5, 5.41) is 2.66. The Hall–Kier alpha value is -1.84. The molecule has 1 aromatic rings. The number of amides is 2. The Bertz CT molecular complexity index is 375. The molecule has 0 unspecified atom stereocenters. The van der Waals surface area contributed by atoms with Crippen molar-refractivity contribution < 1.29 is 9.59 Å². The van der Waals surface area contributed by atoms with Crippen molar-refractivity contribution in [2.75, 3.05) is 19.6 Å². The number of ketones is 1. The van der Waals surface area contributed by atoms with E-state index in [1.807, 2.05) is 18.2 Å². The van der Waals surface area contributed by atoms with E-state index in [-0.39, 0.29) is 18.4 Å². The van der Waals surface area contributed by atoms with Gasteiger partial charge in [0.2, 0.25) is 0 Å². The summed E-state index contributed by atoms with van der Waals surface area (Å²) in [5.74, 6) is -0.0207. The molecule has 15 heavy (non-hydrogen) atoms. The first-order valence-electron chi connectivity index (χ1n) is 4.88. The maximum absolute atomic E-state index is 11.7. The molecule has 0 atom stereocenters. The zero-order chi connectivity index (χ0) is 10.7. The van der Waals surface area contributed by atoms with Crippen molar-refractivity contribution in [2.24, 2.45) is 0 Å². The van der Waals surface area contributed by atoms with Gasteiger partial charge in [0, 0.05) is 18.7 Å². The van der Waals surface area contributed by atoms with Crippen LogP contribution in [0.4, 0.5) is 4.79 Å². The van der Waals surface area contributed by atoms with Gasteiger partial charge in [0.1, 0.15) is 0 Å². The molecule has 1 saturated heterocycles. The highest BCUT2D eigenvalue weighted by Gasteiger charge is 2.22. The van der Waals surface area contributed by atoms with Crippen molar-refractivity contribution in [3.8, 4) is 0 Å². The van der Waals surface area contributed by atoms with Gasteiger partial charge in [0.15, 0.2) is 5.78 Å². The second kappa shape index (κ2) is 4.13. The molecule has 0 aliphatic carbocycles. The minimum atomic E-state index is -0.153. The molecule has 0 radical (unpaired) electrons. The highest BCUT2D eigenvalue weighted by atomic mass is 16.2. The number of nitrogens with one attached hydrogen (secondary N) is 1. The Morgan fingerprint density at radius 1 is 1.33 bits per heavy atom. The monoisotopic (exact) mass is 204 g/mol. The predicted molar refractivity (Wildman–Crippen MR) is 55.7 cm³/mol. The Morgan fingerprint density at radius 3 is 2.67 bits per heavy atom. The fraction of sp³-hybridized carbons (Fsp3) is 0.273. The first-order valence-corrected chi connectivity index (χ1v) is 4.88. The zero-order valence-corrected chi connectivity index (χ0v) is 8.27. The van der Waals surface area contributed by atoms with Crippen LogP contribution >= 0.6 is 0 Å². The molecule has 78 valence electrons. The smallest absolute Gasteiger partial charge is 0.317 e. The third-order valence-electron chi connectivity index (χ3n) is 2.38. The van der Waals surface area contributed by atoms with Gasteiger partial charge < -0.3 is 10.2 Å². The molecular formula is C11H12N2O2. The first kappa shape index (κ1) is 9.71. The van der Waals surface area contributed by atoms with Gasteiger partial charge in [-0.1, -0.05) is 30.3 Å². The van der Waals surface area contributed by atoms with Crippen LogP contribution in [-0.2, 0) is 0 Å². The second-order valence-electron chi connectivity index (χ2n) is 3.44. The lowest BCUT2D eigenvalue weighted by atomic mass is 10.1. The third-order valence-corrected chi connectivity index (χ3v) is 2.38. The number of hydrogen-bond donors (Lipinski definition) is 1. The van der Waals surface area contributed by atoms with Gasteiger partial charge in [0.25, 0.3) is 0 Å². The molecule has 1 fully saturated rings. The first-order chi connectivity index (χ1) is 7.27. The van der Waals surface area contributed by atoms with E-state index < -0.39 is 0 Å². The predicted octanol–water partition coefficient (Wildman–Crippen LogP) is 0.894. The molecule has 2 amide bonds. The van der Waals surface area contributed by atoms with Gasteiger partial charge in [0.05, 0.1) is 6.54 Å². The van der Waals surface area contributed by atoms with Gasteiger partial charge >= 0.3 is 6.03 Å². The summed E-state index contributed by atoms with van der Waals surface area (Å²) in [6.07, 6.45) is 0. The summed E-state index contributed by atoms with van der Waals surface area (Å²) in [5.41, 5.74) is 0.650. The third kappa shape index (κ3) is 2.15. The van der Waals surface area contributed by atoms with Gasteiger partial charge in [-0.3, -0.25) is 4.79 Å². The van der Waals surface area contributed by atoms with Crippen molar-refractivity contribution in [2.45, 2.75) is 0 Å². The largest absolute Gasteiger partial charge is 0.336 e. The molecule has 1 aliphatic heterocycles. The van der Waals surface area contributed by atoms with E-state index in [1.165, 1.54) is 4.90 Å². The number of Topliss-reactive ketones (excluding diaryl/α,β-unsaturated/α-hetero) is 1. The second-order valence-corrected chi connectivity index (χ2v) is 3.44. The minimum absolute atomic E-state index is 0.0207. The number of rotatable bonds is 3. The molecule has 0 bridgehead atoms. The van der Waals surface area contributed by atoms with E-state index in [1.54, 1.807) is 12.1 Å². The fourth-order valence-corrected chi connectivity index (χ4v) is 1.55. The van der Waals surface area contributed by atoms with Crippen molar-refractivity contribution in [1.29, 1.82) is 0 Å². The molecule has 0 spiro atoms. The van der Waals surface area contributed by atoms with E-state index >= 15 is 0 Å². The van der Waals surface area contributed by atoms with Crippen LogP contribution in [0.2, 0.25) is 0 Å². The number of carbonyl (C=O) groups excluding carboxylic acids is 2. The normalized spacial score (nSPS) is 15.2. The highest BCUT2D eigenvalue weighted by molar-refractivity contribution is 5.99. The van der Waals surface area contributed by atoms with Gasteiger partial charge in [-0.25, -0.2) is 4.79 Å². The molecule has 4 heteroatoms. The zero-order valence-electron chi connectivity index (χ0n) is 8.27. The molecule has 1 aliphatic rings. The van der Waals surface area contributed by atoms with Crippen LogP contribution in [0.1, 0.15) is 10.4 Å². The number of nitrogens with zero attached hydrogens (tertiary/aromatic N) is 1. The summed E-state index contributed by atoms with van der Waals surface area (Å²) in [7, 11) is 0. The molecule has 4 nitrogen and oxygen atoms in total. The van der Waals surface area contributed by atoms with Crippen LogP contribution in [-0.4, -0.2) is 36.3 Å². The molecule has 1 heterocycles. The molecule has 0 aromatic heterocycles. The minimum Gasteiger partial charge on any atom is -0.336 e. The van der Waals surface area contributed by atoms with Crippen LogP contribution < -0.4 is 5.32 Å². The van der Waals surface area contributed by atoms with Crippen LogP contribution in [0, 0.1) is 0 Å². The van der Waals surface area contributed by atoms with E-state index in [4.69, 9.17) is 0 Å². The number of hydrogen-bond acceptors (Lipinski definition) is 2. The Balaban J connectivity index is 2.01. The Labute approximate surface area is 87.9 Å². The molecule has 1 N–H and O–H groups in total. The van der Waals surface area contributed by atoms with Crippen molar-refractivity contribution in [3.05, 3.63) is 35.9 Å². The average Bonchev–Trinajstić information content (AvgIpc) is 2.66. The summed E-state index contributed by atoms with van der Waals surface area (Å²) in [6.45, 7) is 1.40. The van der Waals surface area contributed by atoms with Crippen LogP contribution in [0.5, 0.6) is 0 Å². The van der Waals surface area contributed by atoms with Gasteiger partial charge in [-0.05, 0) is 0 Å². The van der Waals surface area contributed by atoms with E-state index in [0.717, 1.165) is 0 Å². The number of benzene rings is 1. The molecular weight excluding hydrogens is 192 g/mol. The average molecular weight is 204 g/mol. The molecule has 2 rings (SSSR count). The number of urea groups is 1. The lowest BCUT2D eigenvalue weighted by Crippen LogP contribution is -2.33. The van der Waals surface area contributed by atoms with Gasteiger partial charge in [-0.15, -0.1) is 0 Å². The summed E-state index contributed by atoms with van der Waals surface area (Å²) in [4.78, 5) is 24.5. The quantitative estimate of drug-likeness (QED) is 0.743. The maximum atomic E-state index is 11.7. The van der Waals surface area contributed by atoms with Crippen LogP contribution in [0.3, 0.4) is 0 Å². The summed E-state index contributed by atoms with van der Waals surface area (Å²) < 4.78 is 0. The summed E-state index contributed by atoms with van der Waals surface area (Å²) in [6, 6.07) is 8.86. The SMILES string of the molecule is O=C(CN1CCNC1=O)c1ccccc1. The highest BCUT2D eigenvalue weighted by Crippen LogP contribution is 2.03. The maximum Gasteiger partial charge on any atom is 0.317 e.